The summed E-state index contributed by atoms with van der Waals surface area (Å²) in [6.07, 6.45) is 0. The summed E-state index contributed by atoms with van der Waals surface area (Å²) in [5, 5.41) is 2.43. The van der Waals surface area contributed by atoms with Crippen LogP contribution in [0.5, 0.6) is 0 Å². The Bertz CT molecular complexity index is 2570. The second kappa shape index (κ2) is 12.8. The molecule has 0 saturated carbocycles. The van der Waals surface area contributed by atoms with Crippen molar-refractivity contribution in [3.63, 3.8) is 0 Å². The zero-order valence-corrected chi connectivity index (χ0v) is 27.5. The maximum Gasteiger partial charge on any atom is 0.0562 e. The Labute approximate surface area is 292 Å². The highest BCUT2D eigenvalue weighted by Gasteiger charge is 2.24. The Kier molecular flexibility index (Phi) is 7.53. The quantitative estimate of drug-likeness (QED) is 0.169. The Balaban J connectivity index is 1.37. The van der Waals surface area contributed by atoms with Gasteiger partial charge < -0.3 is 9.47 Å². The van der Waals surface area contributed by atoms with E-state index in [4.69, 9.17) is 0 Å². The molecule has 0 aliphatic heterocycles. The van der Waals surface area contributed by atoms with Gasteiger partial charge in [0.05, 0.1) is 22.4 Å². The molecule has 236 valence electrons. The number of fused-ring (bicyclic) bond motifs is 3. The molecule has 0 unspecified atom stereocenters. The minimum atomic E-state index is 1.09. The van der Waals surface area contributed by atoms with Crippen LogP contribution in [0.4, 0.5) is 17.1 Å². The van der Waals surface area contributed by atoms with Gasteiger partial charge in [-0.1, -0.05) is 158 Å². The second-order valence-corrected chi connectivity index (χ2v) is 12.5. The van der Waals surface area contributed by atoms with Gasteiger partial charge in [-0.25, -0.2) is 0 Å². The molecule has 0 radical (unpaired) electrons. The Morgan fingerprint density at radius 1 is 0.340 bits per heavy atom. The number of hydrogen-bond donors (Lipinski definition) is 0. The van der Waals surface area contributed by atoms with E-state index in [0.29, 0.717) is 0 Å². The zero-order chi connectivity index (χ0) is 33.3. The average Bonchev–Trinajstić information content (AvgIpc) is 3.55. The van der Waals surface area contributed by atoms with E-state index in [-0.39, 0.29) is 0 Å². The van der Waals surface area contributed by atoms with E-state index in [1.165, 1.54) is 55.2 Å². The number of para-hydroxylation sites is 3. The van der Waals surface area contributed by atoms with Crippen LogP contribution in [0.25, 0.3) is 60.9 Å². The molecule has 0 spiro atoms. The molecule has 0 atom stereocenters. The maximum absolute atomic E-state index is 2.47. The monoisotopic (exact) mass is 638 g/mol. The number of anilines is 3. The predicted octanol–water partition coefficient (Wildman–Crippen LogP) is 13.3. The van der Waals surface area contributed by atoms with Crippen molar-refractivity contribution < 1.29 is 0 Å². The number of benzene rings is 8. The molecule has 9 aromatic rings. The minimum Gasteiger partial charge on any atom is -0.309 e. The van der Waals surface area contributed by atoms with Crippen LogP contribution in [-0.4, -0.2) is 4.57 Å². The largest absolute Gasteiger partial charge is 0.309 e. The molecule has 0 saturated heterocycles. The van der Waals surface area contributed by atoms with E-state index in [1.807, 2.05) is 0 Å². The molecule has 1 aromatic heterocycles. The predicted molar refractivity (Wildman–Crippen MR) is 212 cm³/mol. The molecule has 0 bridgehead atoms. The lowest BCUT2D eigenvalue weighted by molar-refractivity contribution is 1.18. The van der Waals surface area contributed by atoms with Gasteiger partial charge in [0.25, 0.3) is 0 Å². The normalized spacial score (nSPS) is 11.2. The van der Waals surface area contributed by atoms with Gasteiger partial charge in [0.15, 0.2) is 0 Å². The standard InChI is InChI=1S/C48H34N2/c1-5-18-35(19-6-1)40-33-32-39(34-43(40)37-22-9-3-10-23-37)50(44-28-15-13-26-41(44)36-20-7-2-8-21-36)47-31-17-30-46-48(47)42-27-14-16-29-45(42)49(46)38-24-11-4-12-25-38/h1-34H. The van der Waals surface area contributed by atoms with Gasteiger partial charge in [-0.3, -0.25) is 0 Å². The van der Waals surface area contributed by atoms with Crippen LogP contribution in [-0.2, 0) is 0 Å². The first kappa shape index (κ1) is 29.5. The third-order valence-electron chi connectivity index (χ3n) is 9.59. The number of rotatable bonds is 7. The van der Waals surface area contributed by atoms with Gasteiger partial charge in [0.1, 0.15) is 0 Å². The van der Waals surface area contributed by atoms with Crippen LogP contribution in [0.15, 0.2) is 206 Å². The first-order valence-corrected chi connectivity index (χ1v) is 17.1. The van der Waals surface area contributed by atoms with Crippen LogP contribution in [0.2, 0.25) is 0 Å². The molecule has 2 heteroatoms. The first-order valence-electron chi connectivity index (χ1n) is 17.1. The Morgan fingerprint density at radius 3 is 1.56 bits per heavy atom. The highest BCUT2D eigenvalue weighted by molar-refractivity contribution is 6.17. The van der Waals surface area contributed by atoms with Gasteiger partial charge >= 0.3 is 0 Å². The second-order valence-electron chi connectivity index (χ2n) is 12.5. The molecule has 1 heterocycles. The summed E-state index contributed by atoms with van der Waals surface area (Å²) in [5.74, 6) is 0. The summed E-state index contributed by atoms with van der Waals surface area (Å²) in [6.45, 7) is 0. The van der Waals surface area contributed by atoms with Gasteiger partial charge in [0.2, 0.25) is 0 Å². The van der Waals surface area contributed by atoms with E-state index >= 15 is 0 Å². The minimum absolute atomic E-state index is 1.09. The van der Waals surface area contributed by atoms with Crippen molar-refractivity contribution in [2.75, 3.05) is 4.90 Å². The van der Waals surface area contributed by atoms with E-state index in [2.05, 4.69) is 216 Å². The first-order chi connectivity index (χ1) is 24.8. The van der Waals surface area contributed by atoms with Crippen LogP contribution in [0.1, 0.15) is 0 Å². The smallest absolute Gasteiger partial charge is 0.0562 e. The zero-order valence-electron chi connectivity index (χ0n) is 27.5. The summed E-state index contributed by atoms with van der Waals surface area (Å²) in [6, 6.07) is 74.1. The summed E-state index contributed by atoms with van der Waals surface area (Å²) in [5.41, 5.74) is 14.0. The Morgan fingerprint density at radius 2 is 0.860 bits per heavy atom. The third-order valence-corrected chi connectivity index (χ3v) is 9.59. The molecule has 9 rings (SSSR count). The van der Waals surface area contributed by atoms with Crippen molar-refractivity contribution in [2.45, 2.75) is 0 Å². The lowest BCUT2D eigenvalue weighted by Gasteiger charge is -2.29. The fourth-order valence-corrected chi connectivity index (χ4v) is 7.38. The third kappa shape index (κ3) is 5.15. The summed E-state index contributed by atoms with van der Waals surface area (Å²) in [4.78, 5) is 2.47. The molecule has 50 heavy (non-hydrogen) atoms. The van der Waals surface area contributed by atoms with Gasteiger partial charge in [-0.15, -0.1) is 0 Å². The molecule has 0 N–H and O–H groups in total. The van der Waals surface area contributed by atoms with Crippen molar-refractivity contribution in [2.24, 2.45) is 0 Å². The van der Waals surface area contributed by atoms with Crippen molar-refractivity contribution in [3.8, 4) is 39.1 Å². The molecule has 0 aliphatic rings. The lowest BCUT2D eigenvalue weighted by atomic mass is 9.93. The topological polar surface area (TPSA) is 8.17 Å². The highest BCUT2D eigenvalue weighted by atomic mass is 15.2. The van der Waals surface area contributed by atoms with E-state index < -0.39 is 0 Å². The molecule has 0 fully saturated rings. The van der Waals surface area contributed by atoms with E-state index in [1.54, 1.807) is 0 Å². The SMILES string of the molecule is c1ccc(-c2ccc(N(c3ccccc3-c3ccccc3)c3cccc4c3c3ccccc3n4-c3ccccc3)cc2-c2ccccc2)cc1. The van der Waals surface area contributed by atoms with Crippen LogP contribution in [0, 0.1) is 0 Å². The van der Waals surface area contributed by atoms with Crippen molar-refractivity contribution >= 4 is 38.9 Å². The maximum atomic E-state index is 2.47. The molecule has 0 aliphatic carbocycles. The fourth-order valence-electron chi connectivity index (χ4n) is 7.38. The average molecular weight is 639 g/mol. The van der Waals surface area contributed by atoms with Gasteiger partial charge in [-0.2, -0.15) is 0 Å². The van der Waals surface area contributed by atoms with Crippen molar-refractivity contribution in [1.29, 1.82) is 0 Å². The summed E-state index contributed by atoms with van der Waals surface area (Å²) in [7, 11) is 0. The molecule has 2 nitrogen and oxygen atoms in total. The summed E-state index contributed by atoms with van der Waals surface area (Å²) < 4.78 is 2.39. The van der Waals surface area contributed by atoms with Crippen LogP contribution in [0.3, 0.4) is 0 Å². The Hall–Kier alpha value is -6.64. The van der Waals surface area contributed by atoms with E-state index in [0.717, 1.165) is 22.7 Å². The van der Waals surface area contributed by atoms with Gasteiger partial charge in [-0.05, 0) is 76.3 Å². The van der Waals surface area contributed by atoms with Crippen LogP contribution < -0.4 is 4.90 Å². The molecule has 8 aromatic carbocycles. The molecular weight excluding hydrogens is 605 g/mol. The van der Waals surface area contributed by atoms with E-state index in [9.17, 15) is 0 Å². The number of nitrogens with zero attached hydrogens (tertiary/aromatic N) is 2. The van der Waals surface area contributed by atoms with Crippen molar-refractivity contribution in [3.05, 3.63) is 206 Å². The fraction of sp³-hybridized carbons (Fsp3) is 0. The highest BCUT2D eigenvalue weighted by Crippen LogP contribution is 2.48. The van der Waals surface area contributed by atoms with Crippen molar-refractivity contribution in [1.82, 2.24) is 4.57 Å². The molecular formula is C48H34N2. The molecule has 0 amide bonds. The van der Waals surface area contributed by atoms with Crippen LogP contribution >= 0.6 is 0 Å². The lowest BCUT2D eigenvalue weighted by Crippen LogP contribution is -2.12. The van der Waals surface area contributed by atoms with Gasteiger partial charge in [0, 0.05) is 27.7 Å². The number of aromatic nitrogens is 1. The summed E-state index contributed by atoms with van der Waals surface area (Å²) >= 11 is 0. The number of hydrogen-bond acceptors (Lipinski definition) is 1.